The third-order valence-corrected chi connectivity index (χ3v) is 2.34. The van der Waals surface area contributed by atoms with Gasteiger partial charge in [-0.25, -0.2) is 0 Å². The van der Waals surface area contributed by atoms with Crippen molar-refractivity contribution in [3.05, 3.63) is 0 Å². The Labute approximate surface area is 72.0 Å². The van der Waals surface area contributed by atoms with Gasteiger partial charge in [0.2, 0.25) is 5.91 Å². The molecule has 0 aliphatic carbocycles. The molecule has 0 aromatic carbocycles. The largest absolute Gasteiger partial charge is 0.337 e. The van der Waals surface area contributed by atoms with Crippen molar-refractivity contribution in [1.82, 2.24) is 9.80 Å². The summed E-state index contributed by atoms with van der Waals surface area (Å²) < 4.78 is 0. The van der Waals surface area contributed by atoms with Crippen LogP contribution in [0.1, 0.15) is 13.8 Å². The van der Waals surface area contributed by atoms with E-state index in [-0.39, 0.29) is 5.91 Å². The van der Waals surface area contributed by atoms with E-state index in [4.69, 9.17) is 12.2 Å². The first-order valence-electron chi connectivity index (χ1n) is 3.61. The van der Waals surface area contributed by atoms with E-state index in [1.807, 2.05) is 18.7 Å². The summed E-state index contributed by atoms with van der Waals surface area (Å²) in [5.41, 5.74) is 0. The molecule has 0 spiro atoms. The fourth-order valence-corrected chi connectivity index (χ4v) is 1.40. The van der Waals surface area contributed by atoms with Crippen molar-refractivity contribution in [2.24, 2.45) is 0 Å². The number of amides is 1. The second-order valence-corrected chi connectivity index (χ2v) is 3.32. The van der Waals surface area contributed by atoms with Gasteiger partial charge in [-0.15, -0.1) is 0 Å². The summed E-state index contributed by atoms with van der Waals surface area (Å²) in [5, 5.41) is 0.644. The van der Waals surface area contributed by atoms with Crippen LogP contribution in [0.2, 0.25) is 0 Å². The normalized spacial score (nSPS) is 18.9. The van der Waals surface area contributed by atoms with Crippen LogP contribution in [0.3, 0.4) is 0 Å². The number of likely N-dealkylation sites (N-methyl/N-ethyl adjacent to an activating group) is 1. The Morgan fingerprint density at radius 1 is 1.55 bits per heavy atom. The van der Waals surface area contributed by atoms with Crippen LogP contribution in [-0.4, -0.2) is 40.5 Å². The monoisotopic (exact) mass is 172 g/mol. The number of hydrogen-bond donors (Lipinski definition) is 0. The molecule has 1 amide bonds. The summed E-state index contributed by atoms with van der Waals surface area (Å²) in [7, 11) is 1.72. The van der Waals surface area contributed by atoms with Gasteiger partial charge in [0.15, 0.2) is 5.11 Å². The van der Waals surface area contributed by atoms with Crippen molar-refractivity contribution in [2.75, 3.05) is 13.6 Å². The third-order valence-electron chi connectivity index (χ3n) is 1.84. The standard InChI is InChI=1S/C7H12N2OS/c1-5(2)9-4-6(10)8(3)7(9)11/h5H,4H2,1-3H3. The maximum absolute atomic E-state index is 11.1. The number of thiocarbonyl (C=S) groups is 1. The molecule has 0 aromatic rings. The minimum absolute atomic E-state index is 0.0868. The lowest BCUT2D eigenvalue weighted by molar-refractivity contribution is -0.124. The van der Waals surface area contributed by atoms with Crippen molar-refractivity contribution < 1.29 is 4.79 Å². The van der Waals surface area contributed by atoms with Crippen LogP contribution in [0.4, 0.5) is 0 Å². The highest BCUT2D eigenvalue weighted by atomic mass is 32.1. The van der Waals surface area contributed by atoms with Crippen molar-refractivity contribution in [3.63, 3.8) is 0 Å². The Hall–Kier alpha value is -0.640. The number of nitrogens with zero attached hydrogens (tertiary/aromatic N) is 2. The number of carbonyl (C=O) groups is 1. The molecule has 0 unspecified atom stereocenters. The van der Waals surface area contributed by atoms with E-state index in [0.717, 1.165) is 0 Å². The minimum atomic E-state index is 0.0868. The molecule has 4 heteroatoms. The molecule has 3 nitrogen and oxygen atoms in total. The predicted molar refractivity (Wildman–Crippen MR) is 47.2 cm³/mol. The van der Waals surface area contributed by atoms with E-state index in [1.165, 1.54) is 4.90 Å². The summed E-state index contributed by atoms with van der Waals surface area (Å²) >= 11 is 5.05. The van der Waals surface area contributed by atoms with E-state index in [9.17, 15) is 4.79 Å². The van der Waals surface area contributed by atoms with Crippen molar-refractivity contribution in [2.45, 2.75) is 19.9 Å². The number of carbonyl (C=O) groups excluding carboxylic acids is 1. The highest BCUT2D eigenvalue weighted by Gasteiger charge is 2.30. The molecule has 62 valence electrons. The third kappa shape index (κ3) is 1.35. The quantitative estimate of drug-likeness (QED) is 0.537. The highest BCUT2D eigenvalue weighted by Crippen LogP contribution is 2.11. The second kappa shape index (κ2) is 2.77. The zero-order valence-electron chi connectivity index (χ0n) is 7.00. The molecule has 1 aliphatic heterocycles. The van der Waals surface area contributed by atoms with Crippen LogP contribution in [0, 0.1) is 0 Å². The first kappa shape index (κ1) is 8.46. The van der Waals surface area contributed by atoms with Gasteiger partial charge in [0.25, 0.3) is 0 Å². The van der Waals surface area contributed by atoms with Crippen LogP contribution in [-0.2, 0) is 4.79 Å². The summed E-state index contributed by atoms with van der Waals surface area (Å²) in [4.78, 5) is 14.5. The van der Waals surface area contributed by atoms with E-state index >= 15 is 0 Å². The molecule has 1 heterocycles. The average Bonchev–Trinajstić information content (AvgIpc) is 2.17. The second-order valence-electron chi connectivity index (χ2n) is 2.96. The van der Waals surface area contributed by atoms with Crippen LogP contribution >= 0.6 is 12.2 Å². The summed E-state index contributed by atoms with van der Waals surface area (Å²) in [5.74, 6) is 0.0868. The number of hydrogen-bond acceptors (Lipinski definition) is 2. The number of rotatable bonds is 1. The van der Waals surface area contributed by atoms with Gasteiger partial charge in [0.05, 0.1) is 6.54 Å². The zero-order valence-corrected chi connectivity index (χ0v) is 7.81. The Kier molecular flexibility index (Phi) is 2.13. The zero-order chi connectivity index (χ0) is 8.59. The molecule has 11 heavy (non-hydrogen) atoms. The Bertz CT molecular complexity index is 203. The molecule has 0 N–H and O–H groups in total. The first-order chi connectivity index (χ1) is 5.04. The van der Waals surface area contributed by atoms with Gasteiger partial charge in [-0.1, -0.05) is 0 Å². The van der Waals surface area contributed by atoms with Crippen LogP contribution < -0.4 is 0 Å². The van der Waals surface area contributed by atoms with E-state index in [2.05, 4.69) is 0 Å². The Morgan fingerprint density at radius 3 is 2.27 bits per heavy atom. The molecular formula is C7H12N2OS. The molecule has 1 fully saturated rings. The smallest absolute Gasteiger partial charge is 0.248 e. The van der Waals surface area contributed by atoms with Crippen molar-refractivity contribution >= 4 is 23.2 Å². The van der Waals surface area contributed by atoms with Gasteiger partial charge in [-0.2, -0.15) is 0 Å². The molecule has 0 atom stereocenters. The van der Waals surface area contributed by atoms with Crippen molar-refractivity contribution in [1.29, 1.82) is 0 Å². The SMILES string of the molecule is CC(C)N1CC(=O)N(C)C1=S. The lowest BCUT2D eigenvalue weighted by atomic mass is 10.3. The molecule has 1 aliphatic rings. The molecule has 0 radical (unpaired) electrons. The molecule has 1 rings (SSSR count). The topological polar surface area (TPSA) is 23.6 Å². The summed E-state index contributed by atoms with van der Waals surface area (Å²) in [6.07, 6.45) is 0. The van der Waals surface area contributed by atoms with E-state index < -0.39 is 0 Å². The van der Waals surface area contributed by atoms with Crippen LogP contribution in [0.25, 0.3) is 0 Å². The summed E-state index contributed by atoms with van der Waals surface area (Å²) in [6, 6.07) is 0.316. The predicted octanol–water partition coefficient (Wildman–Crippen LogP) is 0.454. The van der Waals surface area contributed by atoms with Crippen LogP contribution in [0.15, 0.2) is 0 Å². The molecule has 0 saturated carbocycles. The maximum Gasteiger partial charge on any atom is 0.248 e. The minimum Gasteiger partial charge on any atom is -0.337 e. The van der Waals surface area contributed by atoms with Gasteiger partial charge in [-0.05, 0) is 26.1 Å². The average molecular weight is 172 g/mol. The lowest BCUT2D eigenvalue weighted by Gasteiger charge is -2.21. The lowest BCUT2D eigenvalue weighted by Crippen LogP contribution is -2.34. The van der Waals surface area contributed by atoms with Crippen LogP contribution in [0.5, 0.6) is 0 Å². The Balaban J connectivity index is 2.75. The van der Waals surface area contributed by atoms with Gasteiger partial charge in [0.1, 0.15) is 0 Å². The van der Waals surface area contributed by atoms with E-state index in [1.54, 1.807) is 7.05 Å². The molecule has 0 bridgehead atoms. The fraction of sp³-hybridized carbons (Fsp3) is 0.714. The van der Waals surface area contributed by atoms with E-state index in [0.29, 0.717) is 17.7 Å². The van der Waals surface area contributed by atoms with Gasteiger partial charge in [-0.3, -0.25) is 9.69 Å². The fourth-order valence-electron chi connectivity index (χ4n) is 1.02. The Morgan fingerprint density at radius 2 is 2.09 bits per heavy atom. The highest BCUT2D eigenvalue weighted by molar-refractivity contribution is 7.80. The maximum atomic E-state index is 11.1. The van der Waals surface area contributed by atoms with Crippen molar-refractivity contribution in [3.8, 4) is 0 Å². The summed E-state index contributed by atoms with van der Waals surface area (Å²) in [6.45, 7) is 4.49. The van der Waals surface area contributed by atoms with Gasteiger partial charge < -0.3 is 4.90 Å². The molecule has 1 saturated heterocycles. The first-order valence-corrected chi connectivity index (χ1v) is 4.02. The van der Waals surface area contributed by atoms with Gasteiger partial charge in [0, 0.05) is 13.1 Å². The molecule has 0 aromatic heterocycles. The van der Waals surface area contributed by atoms with Gasteiger partial charge >= 0.3 is 0 Å². The molecular weight excluding hydrogens is 160 g/mol.